The third kappa shape index (κ3) is 4.97. The van der Waals surface area contributed by atoms with Crippen LogP contribution < -0.4 is 5.32 Å². The number of carbonyl (C=O) groups excluding carboxylic acids is 1. The van der Waals surface area contributed by atoms with Crippen molar-refractivity contribution in [3.63, 3.8) is 0 Å². The van der Waals surface area contributed by atoms with E-state index in [2.05, 4.69) is 9.69 Å². The lowest BCUT2D eigenvalue weighted by Gasteiger charge is -2.21. The normalized spacial score (nSPS) is 14.3. The Morgan fingerprint density at radius 2 is 1.60 bits per heavy atom. The molecule has 0 bridgehead atoms. The van der Waals surface area contributed by atoms with Gasteiger partial charge in [-0.15, -0.1) is 0 Å². The predicted octanol–water partition coefficient (Wildman–Crippen LogP) is 6.28. The molecule has 1 aromatic heterocycles. The van der Waals surface area contributed by atoms with Crippen molar-refractivity contribution < 1.29 is 4.79 Å². The quantitative estimate of drug-likeness (QED) is 0.461. The summed E-state index contributed by atoms with van der Waals surface area (Å²) in [6.07, 6.45) is 6.18. The number of halogens is 1. The van der Waals surface area contributed by atoms with Crippen molar-refractivity contribution in [3.8, 4) is 0 Å². The number of aromatic nitrogens is 1. The molecule has 1 N–H and O–H groups in total. The van der Waals surface area contributed by atoms with E-state index in [-0.39, 0.29) is 5.91 Å². The number of hydrogen-bond acceptors (Lipinski definition) is 4. The summed E-state index contributed by atoms with van der Waals surface area (Å²) in [5, 5.41) is 3.35. The summed E-state index contributed by atoms with van der Waals surface area (Å²) in [7, 11) is 0. The number of carbonyl (C=O) groups is 1. The molecule has 3 aromatic rings. The largest absolute Gasteiger partial charge is 0.351 e. The molecule has 0 unspecified atom stereocenters. The van der Waals surface area contributed by atoms with Crippen molar-refractivity contribution in [3.05, 3.63) is 81.7 Å². The third-order valence-electron chi connectivity index (χ3n) is 5.41. The van der Waals surface area contributed by atoms with Crippen LogP contribution >= 0.6 is 23.1 Å². The van der Waals surface area contributed by atoms with Crippen LogP contribution in [-0.4, -0.2) is 22.5 Å². The Bertz CT molecular complexity index is 970. The van der Waals surface area contributed by atoms with Gasteiger partial charge in [0.25, 0.3) is 5.91 Å². The van der Waals surface area contributed by atoms with Gasteiger partial charge in [0.05, 0.1) is 5.71 Å². The molecule has 154 valence electrons. The average Bonchev–Trinajstić information content (AvgIpc) is 3.18. The highest BCUT2D eigenvalue weighted by molar-refractivity contribution is 7.09. The Balaban J connectivity index is 1.57. The van der Waals surface area contributed by atoms with Gasteiger partial charge in [-0.25, -0.2) is 4.99 Å². The molecule has 0 spiro atoms. The first kappa shape index (κ1) is 20.8. The van der Waals surface area contributed by atoms with Gasteiger partial charge in [-0.1, -0.05) is 91.5 Å². The molecule has 1 heterocycles. The van der Waals surface area contributed by atoms with Crippen LogP contribution in [0.25, 0.3) is 0 Å². The number of nitrogens with one attached hydrogen (secondary N) is 1. The molecule has 0 radical (unpaired) electrons. The first-order valence-corrected chi connectivity index (χ1v) is 11.5. The SMILES string of the molecule is O=C(NCC1CCCCC1)c1snc(N=C(c2ccccc2)c2ccccc2)c1Cl. The molecule has 1 aliphatic rings. The lowest BCUT2D eigenvalue weighted by Crippen LogP contribution is -2.29. The van der Waals surface area contributed by atoms with Gasteiger partial charge in [-0.05, 0) is 30.3 Å². The minimum absolute atomic E-state index is 0.162. The van der Waals surface area contributed by atoms with E-state index in [4.69, 9.17) is 16.6 Å². The second-order valence-corrected chi connectivity index (χ2v) is 8.71. The van der Waals surface area contributed by atoms with Crippen molar-refractivity contribution in [2.45, 2.75) is 32.1 Å². The van der Waals surface area contributed by atoms with Crippen molar-refractivity contribution in [1.29, 1.82) is 0 Å². The molecular weight excluding hydrogens is 414 g/mol. The molecule has 4 nitrogen and oxygen atoms in total. The summed E-state index contributed by atoms with van der Waals surface area (Å²) in [5.41, 5.74) is 2.71. The molecule has 0 saturated heterocycles. The van der Waals surface area contributed by atoms with E-state index in [0.29, 0.717) is 28.2 Å². The monoisotopic (exact) mass is 437 g/mol. The van der Waals surface area contributed by atoms with Crippen molar-refractivity contribution in [1.82, 2.24) is 9.69 Å². The fourth-order valence-electron chi connectivity index (χ4n) is 3.78. The molecule has 0 aliphatic heterocycles. The minimum Gasteiger partial charge on any atom is -0.351 e. The number of aliphatic imine (C=N–C) groups is 1. The van der Waals surface area contributed by atoms with Crippen LogP contribution in [0.15, 0.2) is 65.7 Å². The maximum atomic E-state index is 12.7. The standard InChI is InChI=1S/C24H24ClN3OS/c25-20-22(24(29)26-16-17-10-4-1-5-11-17)30-28-23(20)27-21(18-12-6-2-7-13-18)19-14-8-3-9-15-19/h2-3,6-9,12-15,17H,1,4-5,10-11,16H2,(H,26,29). The predicted molar refractivity (Wildman–Crippen MR) is 124 cm³/mol. The fraction of sp³-hybridized carbons (Fsp3) is 0.292. The van der Waals surface area contributed by atoms with Crippen LogP contribution in [0.3, 0.4) is 0 Å². The maximum absolute atomic E-state index is 12.7. The molecule has 1 aliphatic carbocycles. The van der Waals surface area contributed by atoms with Gasteiger partial charge in [-0.3, -0.25) is 4.79 Å². The summed E-state index contributed by atoms with van der Waals surface area (Å²) >= 11 is 7.64. The summed E-state index contributed by atoms with van der Waals surface area (Å²) in [5.74, 6) is 0.785. The van der Waals surface area contributed by atoms with Crippen LogP contribution in [0.5, 0.6) is 0 Å². The summed E-state index contributed by atoms with van der Waals surface area (Å²) in [6, 6.07) is 19.8. The Kier molecular flexibility index (Phi) is 6.92. The second kappa shape index (κ2) is 10.0. The third-order valence-corrected chi connectivity index (χ3v) is 6.72. The lowest BCUT2D eigenvalue weighted by molar-refractivity contribution is 0.0948. The van der Waals surface area contributed by atoms with E-state index in [1.165, 1.54) is 32.1 Å². The highest BCUT2D eigenvalue weighted by Crippen LogP contribution is 2.32. The maximum Gasteiger partial charge on any atom is 0.264 e. The van der Waals surface area contributed by atoms with Crippen LogP contribution in [0.1, 0.15) is 52.9 Å². The molecule has 2 aromatic carbocycles. The Hall–Kier alpha value is -2.50. The summed E-state index contributed by atoms with van der Waals surface area (Å²) in [4.78, 5) is 17.9. The van der Waals surface area contributed by atoms with E-state index < -0.39 is 0 Å². The van der Waals surface area contributed by atoms with Crippen LogP contribution in [0.2, 0.25) is 5.02 Å². The first-order chi connectivity index (χ1) is 14.7. The second-order valence-electron chi connectivity index (χ2n) is 7.56. The van der Waals surface area contributed by atoms with Crippen molar-refractivity contribution >= 4 is 40.6 Å². The van der Waals surface area contributed by atoms with Gasteiger partial charge in [-0.2, -0.15) is 4.37 Å². The average molecular weight is 438 g/mol. The van der Waals surface area contributed by atoms with Gasteiger partial charge < -0.3 is 5.32 Å². The zero-order valence-electron chi connectivity index (χ0n) is 16.7. The fourth-order valence-corrected chi connectivity index (χ4v) is 4.74. The van der Waals surface area contributed by atoms with E-state index in [0.717, 1.165) is 28.4 Å². The van der Waals surface area contributed by atoms with Crippen LogP contribution in [-0.2, 0) is 0 Å². The molecule has 0 atom stereocenters. The molecular formula is C24H24ClN3OS. The minimum atomic E-state index is -0.162. The van der Waals surface area contributed by atoms with E-state index in [1.807, 2.05) is 60.7 Å². The molecule has 1 fully saturated rings. The van der Waals surface area contributed by atoms with Gasteiger partial charge >= 0.3 is 0 Å². The summed E-state index contributed by atoms with van der Waals surface area (Å²) in [6.45, 7) is 0.699. The lowest BCUT2D eigenvalue weighted by atomic mass is 9.89. The summed E-state index contributed by atoms with van der Waals surface area (Å²) < 4.78 is 4.38. The van der Waals surface area contributed by atoms with Gasteiger partial charge in [0, 0.05) is 17.7 Å². The molecule has 6 heteroatoms. The van der Waals surface area contributed by atoms with Crippen LogP contribution in [0.4, 0.5) is 5.82 Å². The van der Waals surface area contributed by atoms with E-state index >= 15 is 0 Å². The highest BCUT2D eigenvalue weighted by Gasteiger charge is 2.21. The van der Waals surface area contributed by atoms with Gasteiger partial charge in [0.1, 0.15) is 9.90 Å². The van der Waals surface area contributed by atoms with E-state index in [1.54, 1.807) is 0 Å². The number of benzene rings is 2. The van der Waals surface area contributed by atoms with Gasteiger partial charge in [0.2, 0.25) is 0 Å². The first-order valence-electron chi connectivity index (χ1n) is 10.4. The highest BCUT2D eigenvalue weighted by atomic mass is 35.5. The topological polar surface area (TPSA) is 54.4 Å². The molecule has 1 saturated carbocycles. The smallest absolute Gasteiger partial charge is 0.264 e. The Morgan fingerprint density at radius 1 is 1.00 bits per heavy atom. The Morgan fingerprint density at radius 3 is 2.20 bits per heavy atom. The number of hydrogen-bond donors (Lipinski definition) is 1. The van der Waals surface area contributed by atoms with E-state index in [9.17, 15) is 4.79 Å². The molecule has 30 heavy (non-hydrogen) atoms. The van der Waals surface area contributed by atoms with Crippen molar-refractivity contribution in [2.75, 3.05) is 6.54 Å². The van der Waals surface area contributed by atoms with Crippen molar-refractivity contribution in [2.24, 2.45) is 10.9 Å². The molecule has 4 rings (SSSR count). The zero-order valence-corrected chi connectivity index (χ0v) is 18.3. The van der Waals surface area contributed by atoms with Gasteiger partial charge in [0.15, 0.2) is 5.82 Å². The Labute approximate surface area is 186 Å². The number of rotatable bonds is 6. The number of nitrogens with zero attached hydrogens (tertiary/aromatic N) is 2. The van der Waals surface area contributed by atoms with Crippen LogP contribution in [0, 0.1) is 5.92 Å². The zero-order chi connectivity index (χ0) is 20.8. The molecule has 1 amide bonds. The number of amides is 1.